The number of carbonyl (C=O) groups is 1. The van der Waals surface area contributed by atoms with Crippen molar-refractivity contribution in [2.24, 2.45) is 4.99 Å². The smallest absolute Gasteiger partial charge is 0.336 e. The number of rotatable bonds is 7. The number of esters is 1. The number of nitrogens with one attached hydrogen (secondary N) is 1. The Morgan fingerprint density at radius 2 is 1.95 bits per heavy atom. The number of hydrogen-bond acceptors (Lipinski definition) is 9. The van der Waals surface area contributed by atoms with Gasteiger partial charge in [-0.25, -0.2) is 9.18 Å². The number of thioether (sulfide) groups is 1. The summed E-state index contributed by atoms with van der Waals surface area (Å²) in [5, 5.41) is 15.0. The first-order chi connectivity index (χ1) is 19.2. The highest BCUT2D eigenvalue weighted by Crippen LogP contribution is 2.36. The fourth-order valence-electron chi connectivity index (χ4n) is 4.02. The third-order valence-electron chi connectivity index (χ3n) is 5.88. The van der Waals surface area contributed by atoms with E-state index in [1.807, 2.05) is 30.3 Å². The zero-order valence-electron chi connectivity index (χ0n) is 20.7. The molecule has 0 fully saturated rings. The number of nitrogens with zero attached hydrogens (tertiary/aromatic N) is 2. The van der Waals surface area contributed by atoms with E-state index in [0.29, 0.717) is 22.2 Å². The highest BCUT2D eigenvalue weighted by Gasteiger charge is 2.24. The van der Waals surface area contributed by atoms with Gasteiger partial charge in [0.25, 0.3) is 0 Å². The molecule has 9 nitrogen and oxygen atoms in total. The van der Waals surface area contributed by atoms with Crippen LogP contribution in [0.3, 0.4) is 0 Å². The quantitative estimate of drug-likeness (QED) is 0.0878. The molecule has 202 valence electrons. The Morgan fingerprint density at radius 1 is 1.18 bits per heavy atom. The van der Waals surface area contributed by atoms with Crippen molar-refractivity contribution in [2.45, 2.75) is 12.4 Å². The molecule has 0 aliphatic carbocycles. The molecule has 4 aromatic rings. The highest BCUT2D eigenvalue weighted by atomic mass is 79.9. The Labute approximate surface area is 239 Å². The number of ether oxygens (including phenoxy) is 1. The van der Waals surface area contributed by atoms with Crippen LogP contribution >= 0.6 is 27.7 Å². The number of aryl methyl sites for hydroxylation is 1. The third-order valence-corrected chi connectivity index (χ3v) is 7.48. The number of allylic oxidation sites excluding steroid dienone is 1. The van der Waals surface area contributed by atoms with Gasteiger partial charge < -0.3 is 9.15 Å². The van der Waals surface area contributed by atoms with Crippen LogP contribution in [0.15, 0.2) is 91.5 Å². The number of carbonyl (C=O) groups excluding carboxylic acids is 1. The second kappa shape index (κ2) is 11.5. The fourth-order valence-corrected chi connectivity index (χ4v) is 5.43. The van der Waals surface area contributed by atoms with Crippen molar-refractivity contribution >= 4 is 60.9 Å². The molecule has 1 aromatic heterocycles. The summed E-state index contributed by atoms with van der Waals surface area (Å²) < 4.78 is 24.9. The number of fused-ring (bicyclic) bond motifs is 1. The van der Waals surface area contributed by atoms with E-state index in [4.69, 9.17) is 9.15 Å². The standard InChI is InChI=1S/C28H19BrFN3O6S/c1-15-9-26(34)38-23-13-24(22(33(36)37)11-20(15)23)39-27(35)14-31-28-32-21(16-5-7-19(30)8-6-16)12-25(40-28)17-3-2-4-18(29)10-17/h2-13,28,31H,14H2,1H3. The topological polar surface area (TPSA) is 124 Å². The van der Waals surface area contributed by atoms with Gasteiger partial charge >= 0.3 is 17.3 Å². The van der Waals surface area contributed by atoms with Crippen LogP contribution in [0, 0.1) is 22.9 Å². The van der Waals surface area contributed by atoms with Gasteiger partial charge in [0.2, 0.25) is 5.75 Å². The number of nitro groups is 1. The summed E-state index contributed by atoms with van der Waals surface area (Å²) in [5.41, 5.74) is 1.03. The molecule has 1 atom stereocenters. The number of nitro benzene ring substituents is 1. The van der Waals surface area contributed by atoms with Gasteiger partial charge in [-0.2, -0.15) is 0 Å². The maximum absolute atomic E-state index is 13.5. The van der Waals surface area contributed by atoms with Crippen molar-refractivity contribution in [3.8, 4) is 5.75 Å². The summed E-state index contributed by atoms with van der Waals surface area (Å²) in [6, 6.07) is 17.2. The molecule has 12 heteroatoms. The lowest BCUT2D eigenvalue weighted by Crippen LogP contribution is -2.34. The molecule has 0 radical (unpaired) electrons. The lowest BCUT2D eigenvalue weighted by atomic mass is 10.1. The van der Waals surface area contributed by atoms with E-state index in [2.05, 4.69) is 26.2 Å². The van der Waals surface area contributed by atoms with Crippen molar-refractivity contribution in [3.05, 3.63) is 120 Å². The van der Waals surface area contributed by atoms with Crippen LogP contribution in [0.4, 0.5) is 10.1 Å². The summed E-state index contributed by atoms with van der Waals surface area (Å²) in [5.74, 6) is -1.53. The summed E-state index contributed by atoms with van der Waals surface area (Å²) in [4.78, 5) is 41.0. The molecule has 0 bridgehead atoms. The summed E-state index contributed by atoms with van der Waals surface area (Å²) in [6.07, 6.45) is 1.88. The Balaban J connectivity index is 1.38. The molecule has 1 aliphatic rings. The average Bonchev–Trinajstić information content (AvgIpc) is 2.91. The van der Waals surface area contributed by atoms with Crippen molar-refractivity contribution in [2.75, 3.05) is 6.54 Å². The normalized spacial score (nSPS) is 14.9. The molecule has 5 rings (SSSR count). The van der Waals surface area contributed by atoms with E-state index in [0.717, 1.165) is 21.0 Å². The molecule has 1 unspecified atom stereocenters. The van der Waals surface area contributed by atoms with Gasteiger partial charge in [0.05, 0.1) is 17.2 Å². The Morgan fingerprint density at radius 3 is 2.67 bits per heavy atom. The maximum atomic E-state index is 13.5. The van der Waals surface area contributed by atoms with E-state index in [1.54, 1.807) is 19.1 Å². The minimum atomic E-state index is -0.810. The molecule has 3 aromatic carbocycles. The zero-order valence-corrected chi connectivity index (χ0v) is 23.1. The molecule has 40 heavy (non-hydrogen) atoms. The molecule has 2 heterocycles. The number of halogens is 2. The van der Waals surface area contributed by atoms with Crippen molar-refractivity contribution in [1.82, 2.24) is 5.32 Å². The van der Waals surface area contributed by atoms with Crippen molar-refractivity contribution < 1.29 is 23.3 Å². The minimum Gasteiger partial charge on any atom is -0.423 e. The SMILES string of the molecule is Cc1cc(=O)oc2cc(OC(=O)CNC3N=C(c4ccc(F)cc4)C=C(c4cccc(Br)c4)S3)c([N+](=O)[O-])cc12. The lowest BCUT2D eigenvalue weighted by molar-refractivity contribution is -0.385. The zero-order chi connectivity index (χ0) is 28.4. The van der Waals surface area contributed by atoms with E-state index in [-0.39, 0.29) is 23.7 Å². The molecule has 0 saturated heterocycles. The largest absolute Gasteiger partial charge is 0.423 e. The van der Waals surface area contributed by atoms with Gasteiger partial charge in [-0.1, -0.05) is 39.8 Å². The molecule has 1 aliphatic heterocycles. The Hall–Kier alpha value is -4.13. The molecule has 1 N–H and O–H groups in total. The number of hydrogen-bond donors (Lipinski definition) is 1. The first-order valence-electron chi connectivity index (χ1n) is 11.8. The van der Waals surface area contributed by atoms with Gasteiger partial charge in [0.1, 0.15) is 11.4 Å². The maximum Gasteiger partial charge on any atom is 0.336 e. The predicted octanol–water partition coefficient (Wildman–Crippen LogP) is 5.97. The number of benzene rings is 3. The van der Waals surface area contributed by atoms with Gasteiger partial charge in [-0.15, -0.1) is 0 Å². The first kappa shape index (κ1) is 27.4. The molecular formula is C28H19BrFN3O6S. The van der Waals surface area contributed by atoms with Crippen molar-refractivity contribution in [1.29, 1.82) is 0 Å². The first-order valence-corrected chi connectivity index (χ1v) is 13.5. The second-order valence-electron chi connectivity index (χ2n) is 8.69. The second-order valence-corrected chi connectivity index (χ2v) is 10.7. The van der Waals surface area contributed by atoms with Crippen LogP contribution in [0.2, 0.25) is 0 Å². The van der Waals surface area contributed by atoms with Crippen molar-refractivity contribution in [3.63, 3.8) is 0 Å². The summed E-state index contributed by atoms with van der Waals surface area (Å²) >= 11 is 4.83. The average molecular weight is 624 g/mol. The van der Waals surface area contributed by atoms with Gasteiger partial charge in [-0.3, -0.25) is 25.2 Å². The van der Waals surface area contributed by atoms with E-state index in [9.17, 15) is 24.1 Å². The molecular weight excluding hydrogens is 605 g/mol. The summed E-state index contributed by atoms with van der Waals surface area (Å²) in [6.45, 7) is 1.29. The minimum absolute atomic E-state index is 0.0616. The molecule has 0 spiro atoms. The van der Waals surface area contributed by atoms with Crippen LogP contribution in [0.25, 0.3) is 15.9 Å². The molecule has 0 saturated carbocycles. The van der Waals surface area contributed by atoms with Crippen LogP contribution in [0.1, 0.15) is 16.7 Å². The highest BCUT2D eigenvalue weighted by molar-refractivity contribution is 9.10. The van der Waals surface area contributed by atoms with Gasteiger partial charge in [0.15, 0.2) is 5.50 Å². The lowest BCUT2D eigenvalue weighted by Gasteiger charge is -2.22. The number of aliphatic imine (C=N–C) groups is 1. The van der Waals surface area contributed by atoms with E-state index in [1.165, 1.54) is 36.0 Å². The van der Waals surface area contributed by atoms with Gasteiger partial charge in [0, 0.05) is 38.5 Å². The molecule has 0 amide bonds. The third kappa shape index (κ3) is 6.19. The van der Waals surface area contributed by atoms with Crippen LogP contribution in [-0.4, -0.2) is 28.6 Å². The van der Waals surface area contributed by atoms with Crippen LogP contribution < -0.4 is 15.7 Å². The Kier molecular flexibility index (Phi) is 7.92. The summed E-state index contributed by atoms with van der Waals surface area (Å²) in [7, 11) is 0. The fraction of sp³-hybridized carbons (Fsp3) is 0.107. The van der Waals surface area contributed by atoms with Crippen LogP contribution in [-0.2, 0) is 4.79 Å². The van der Waals surface area contributed by atoms with E-state index < -0.39 is 27.7 Å². The van der Waals surface area contributed by atoms with E-state index >= 15 is 0 Å². The van der Waals surface area contributed by atoms with Crippen LogP contribution in [0.5, 0.6) is 5.75 Å². The Bertz CT molecular complexity index is 1770. The predicted molar refractivity (Wildman–Crippen MR) is 154 cm³/mol. The monoisotopic (exact) mass is 623 g/mol. The van der Waals surface area contributed by atoms with Gasteiger partial charge in [-0.05, 0) is 60.5 Å².